The normalized spacial score (nSPS) is 12.8. The quantitative estimate of drug-likeness (QED) is 0.850. The van der Waals surface area contributed by atoms with Crippen LogP contribution >= 0.6 is 0 Å². The molecule has 1 aromatic heterocycles. The molecule has 4 nitrogen and oxygen atoms in total. The van der Waals surface area contributed by atoms with Gasteiger partial charge in [0.05, 0.1) is 12.2 Å². The van der Waals surface area contributed by atoms with Gasteiger partial charge in [0, 0.05) is 25.7 Å². The van der Waals surface area contributed by atoms with E-state index in [4.69, 9.17) is 10.2 Å². The summed E-state index contributed by atoms with van der Waals surface area (Å²) in [5.74, 6) is 1.12. The topological polar surface area (TPSA) is 59.5 Å². The summed E-state index contributed by atoms with van der Waals surface area (Å²) in [4.78, 5) is 13.9. The van der Waals surface area contributed by atoms with Crippen molar-refractivity contribution in [2.75, 3.05) is 13.6 Å². The summed E-state index contributed by atoms with van der Waals surface area (Å²) in [6, 6.07) is 1.89. The zero-order valence-corrected chi connectivity index (χ0v) is 11.1. The van der Waals surface area contributed by atoms with E-state index in [1.165, 1.54) is 0 Å². The van der Waals surface area contributed by atoms with E-state index in [0.717, 1.165) is 11.3 Å². The van der Waals surface area contributed by atoms with Crippen LogP contribution in [0, 0.1) is 18.8 Å². The van der Waals surface area contributed by atoms with Gasteiger partial charge in [0.15, 0.2) is 0 Å². The number of nitrogens with zero attached hydrogens (tertiary/aromatic N) is 1. The Morgan fingerprint density at radius 1 is 1.53 bits per heavy atom. The molecule has 17 heavy (non-hydrogen) atoms. The molecule has 0 spiro atoms. The third-order valence-corrected chi connectivity index (χ3v) is 3.13. The maximum Gasteiger partial charge on any atom is 0.227 e. The van der Waals surface area contributed by atoms with Crippen molar-refractivity contribution in [3.8, 4) is 0 Å². The largest absolute Gasteiger partial charge is 0.469 e. The monoisotopic (exact) mass is 238 g/mol. The fraction of sp³-hybridized carbons (Fsp3) is 0.615. The summed E-state index contributed by atoms with van der Waals surface area (Å²) < 4.78 is 5.22. The van der Waals surface area contributed by atoms with Crippen molar-refractivity contribution in [2.24, 2.45) is 17.6 Å². The molecular weight excluding hydrogens is 216 g/mol. The average Bonchev–Trinajstić information content (AvgIpc) is 2.64. The second-order valence-electron chi connectivity index (χ2n) is 4.78. The van der Waals surface area contributed by atoms with E-state index >= 15 is 0 Å². The second-order valence-corrected chi connectivity index (χ2v) is 4.78. The summed E-state index contributed by atoms with van der Waals surface area (Å²) in [5, 5.41) is 0. The maximum absolute atomic E-state index is 12.2. The van der Waals surface area contributed by atoms with E-state index < -0.39 is 0 Å². The predicted octanol–water partition coefficient (Wildman–Crippen LogP) is 1.78. The molecule has 4 heteroatoms. The maximum atomic E-state index is 12.2. The zero-order chi connectivity index (χ0) is 13.0. The van der Waals surface area contributed by atoms with Crippen LogP contribution in [0.15, 0.2) is 16.7 Å². The van der Waals surface area contributed by atoms with Crippen LogP contribution in [0.1, 0.15) is 25.2 Å². The molecule has 1 unspecified atom stereocenters. The van der Waals surface area contributed by atoms with Crippen LogP contribution < -0.4 is 5.73 Å². The van der Waals surface area contributed by atoms with Gasteiger partial charge in [-0.3, -0.25) is 4.79 Å². The zero-order valence-electron chi connectivity index (χ0n) is 11.1. The Kier molecular flexibility index (Phi) is 4.75. The number of carbonyl (C=O) groups excluding carboxylic acids is 1. The molecule has 0 aliphatic carbocycles. The van der Waals surface area contributed by atoms with Gasteiger partial charge < -0.3 is 15.1 Å². The lowest BCUT2D eigenvalue weighted by Crippen LogP contribution is -2.38. The van der Waals surface area contributed by atoms with Crippen molar-refractivity contribution in [1.29, 1.82) is 0 Å². The highest BCUT2D eigenvalue weighted by atomic mass is 16.3. The molecular formula is C13H22N2O2. The molecule has 1 rings (SSSR count). The van der Waals surface area contributed by atoms with Gasteiger partial charge in [-0.2, -0.15) is 0 Å². The lowest BCUT2D eigenvalue weighted by atomic mass is 9.94. The summed E-state index contributed by atoms with van der Waals surface area (Å²) >= 11 is 0. The Labute approximate surface area is 103 Å². The van der Waals surface area contributed by atoms with E-state index in [-0.39, 0.29) is 17.7 Å². The molecule has 1 aromatic rings. The number of rotatable bonds is 5. The third-order valence-electron chi connectivity index (χ3n) is 3.13. The Hall–Kier alpha value is -1.29. The minimum Gasteiger partial charge on any atom is -0.469 e. The lowest BCUT2D eigenvalue weighted by molar-refractivity contribution is -0.135. The molecule has 1 heterocycles. The smallest absolute Gasteiger partial charge is 0.227 e. The van der Waals surface area contributed by atoms with Crippen LogP contribution in [-0.4, -0.2) is 24.4 Å². The van der Waals surface area contributed by atoms with E-state index in [1.807, 2.05) is 26.8 Å². The van der Waals surface area contributed by atoms with Crippen molar-refractivity contribution >= 4 is 5.91 Å². The van der Waals surface area contributed by atoms with Gasteiger partial charge in [0.2, 0.25) is 5.91 Å². The molecule has 0 aliphatic rings. The molecule has 1 amide bonds. The molecule has 2 N–H and O–H groups in total. The minimum absolute atomic E-state index is 0.100. The summed E-state index contributed by atoms with van der Waals surface area (Å²) in [6.07, 6.45) is 1.64. The van der Waals surface area contributed by atoms with Gasteiger partial charge in [-0.1, -0.05) is 13.8 Å². The highest BCUT2D eigenvalue weighted by molar-refractivity contribution is 5.79. The number of hydrogen-bond donors (Lipinski definition) is 1. The lowest BCUT2D eigenvalue weighted by Gasteiger charge is -2.25. The number of amides is 1. The molecule has 1 atom stereocenters. The Morgan fingerprint density at radius 2 is 2.18 bits per heavy atom. The second kappa shape index (κ2) is 5.87. The first-order chi connectivity index (χ1) is 7.97. The van der Waals surface area contributed by atoms with Gasteiger partial charge in [0.25, 0.3) is 0 Å². The van der Waals surface area contributed by atoms with Gasteiger partial charge in [0.1, 0.15) is 5.76 Å². The van der Waals surface area contributed by atoms with Crippen molar-refractivity contribution in [3.05, 3.63) is 23.7 Å². The highest BCUT2D eigenvalue weighted by Gasteiger charge is 2.24. The van der Waals surface area contributed by atoms with Crippen LogP contribution in [0.25, 0.3) is 0 Å². The SMILES string of the molecule is Cc1occc1CN(C)C(=O)C(CN)C(C)C. The first-order valence-corrected chi connectivity index (χ1v) is 5.95. The van der Waals surface area contributed by atoms with Crippen molar-refractivity contribution in [3.63, 3.8) is 0 Å². The van der Waals surface area contributed by atoms with Crippen LogP contribution in [0.4, 0.5) is 0 Å². The molecule has 0 bridgehead atoms. The molecule has 0 saturated heterocycles. The molecule has 0 aromatic carbocycles. The van der Waals surface area contributed by atoms with Crippen LogP contribution in [0.3, 0.4) is 0 Å². The summed E-state index contributed by atoms with van der Waals surface area (Å²) in [7, 11) is 1.81. The number of furan rings is 1. The van der Waals surface area contributed by atoms with Crippen molar-refractivity contribution in [2.45, 2.75) is 27.3 Å². The standard InChI is InChI=1S/C13H22N2O2/c1-9(2)12(7-14)13(16)15(4)8-11-5-6-17-10(11)3/h5-6,9,12H,7-8,14H2,1-4H3. The first kappa shape index (κ1) is 13.8. The van der Waals surface area contributed by atoms with Crippen LogP contribution in [0.5, 0.6) is 0 Å². The van der Waals surface area contributed by atoms with Gasteiger partial charge in [-0.05, 0) is 18.9 Å². The molecule has 0 aliphatic heterocycles. The van der Waals surface area contributed by atoms with Gasteiger partial charge in [-0.25, -0.2) is 0 Å². The Morgan fingerprint density at radius 3 is 2.59 bits per heavy atom. The van der Waals surface area contributed by atoms with E-state index in [1.54, 1.807) is 18.2 Å². The molecule has 0 fully saturated rings. The van der Waals surface area contributed by atoms with E-state index in [2.05, 4.69) is 0 Å². The molecule has 96 valence electrons. The predicted molar refractivity (Wildman–Crippen MR) is 67.3 cm³/mol. The number of nitrogens with two attached hydrogens (primary N) is 1. The Balaban J connectivity index is 2.67. The van der Waals surface area contributed by atoms with Crippen LogP contribution in [-0.2, 0) is 11.3 Å². The third kappa shape index (κ3) is 3.33. The Bertz CT molecular complexity index is 371. The van der Waals surface area contributed by atoms with E-state index in [9.17, 15) is 4.79 Å². The van der Waals surface area contributed by atoms with Crippen molar-refractivity contribution in [1.82, 2.24) is 4.90 Å². The molecule has 0 saturated carbocycles. The minimum atomic E-state index is -0.104. The summed E-state index contributed by atoms with van der Waals surface area (Å²) in [5.41, 5.74) is 6.69. The van der Waals surface area contributed by atoms with Crippen molar-refractivity contribution < 1.29 is 9.21 Å². The first-order valence-electron chi connectivity index (χ1n) is 5.95. The molecule has 0 radical (unpaired) electrons. The fourth-order valence-electron chi connectivity index (χ4n) is 1.85. The number of aryl methyl sites for hydroxylation is 1. The van der Waals surface area contributed by atoms with E-state index in [0.29, 0.717) is 13.1 Å². The summed E-state index contributed by atoms with van der Waals surface area (Å²) in [6.45, 7) is 6.91. The fourth-order valence-corrected chi connectivity index (χ4v) is 1.85. The van der Waals surface area contributed by atoms with Gasteiger partial charge in [-0.15, -0.1) is 0 Å². The van der Waals surface area contributed by atoms with Gasteiger partial charge >= 0.3 is 0 Å². The number of carbonyl (C=O) groups is 1. The average molecular weight is 238 g/mol. The highest BCUT2D eigenvalue weighted by Crippen LogP contribution is 2.16. The number of hydrogen-bond acceptors (Lipinski definition) is 3. The van der Waals surface area contributed by atoms with Crippen LogP contribution in [0.2, 0.25) is 0 Å².